The highest BCUT2D eigenvalue weighted by molar-refractivity contribution is 5.84. The molecule has 16 aromatic rings. The van der Waals surface area contributed by atoms with Crippen molar-refractivity contribution in [3.8, 4) is 134 Å². The first kappa shape index (κ1) is 51.2. The second-order valence-electron chi connectivity index (χ2n) is 29.5. The Bertz CT molecular complexity index is 7410. The fourth-order valence-electron chi connectivity index (χ4n) is 14.9. The van der Waals surface area contributed by atoms with Crippen molar-refractivity contribution in [2.24, 2.45) is 28.2 Å². The van der Waals surface area contributed by atoms with E-state index in [-0.39, 0.29) is 83.5 Å². The Labute approximate surface area is 733 Å². The first-order chi connectivity index (χ1) is 67.9. The Morgan fingerprint density at radius 3 is 0.845 bits per heavy atom. The van der Waals surface area contributed by atoms with E-state index in [2.05, 4.69) is 48.5 Å². The zero-order valence-electron chi connectivity index (χ0n) is 96.8. The van der Waals surface area contributed by atoms with Gasteiger partial charge in [-0.15, -0.1) is 0 Å². The van der Waals surface area contributed by atoms with E-state index in [0.717, 1.165) is 106 Å². The fourth-order valence-corrected chi connectivity index (χ4v) is 14.9. The van der Waals surface area contributed by atoms with Crippen LogP contribution in [0.2, 0.25) is 0 Å². The highest BCUT2D eigenvalue weighted by Gasteiger charge is 2.25. The average Bonchev–Trinajstić information content (AvgIpc) is 0.753. The average molecular weight is 1540 g/mol. The number of hydrogen-bond donors (Lipinski definition) is 0. The van der Waals surface area contributed by atoms with E-state index in [0.29, 0.717) is 33.6 Å². The Morgan fingerprint density at radius 1 is 0.181 bits per heavy atom. The molecule has 16 rings (SSSR count). The van der Waals surface area contributed by atoms with Gasteiger partial charge in [-0.3, -0.25) is 0 Å². The Morgan fingerprint density at radius 2 is 0.491 bits per heavy atom. The van der Waals surface area contributed by atoms with E-state index in [1.165, 1.54) is 60.9 Å². The topological polar surface area (TPSA) is 15.5 Å². The Kier molecular flexibility index (Phi) is 15.8. The predicted octanol–water partition coefficient (Wildman–Crippen LogP) is 27.0. The summed E-state index contributed by atoms with van der Waals surface area (Å²) in [6, 6.07) is 89.5. The number of nitrogens with zero attached hydrogens (tertiary/aromatic N) is 4. The summed E-state index contributed by atoms with van der Waals surface area (Å²) in [5.74, 6) is 0. The second-order valence-corrected chi connectivity index (χ2v) is 29.5. The summed E-state index contributed by atoms with van der Waals surface area (Å²) in [5.41, 5.74) is 20.9. The molecule has 0 spiro atoms. The van der Waals surface area contributed by atoms with Crippen molar-refractivity contribution < 1.29 is 59.4 Å². The van der Waals surface area contributed by atoms with E-state index < -0.39 is 68.5 Å². The van der Waals surface area contributed by atoms with Gasteiger partial charge < -0.3 is 0 Å². The summed E-state index contributed by atoms with van der Waals surface area (Å²) in [6.07, 6.45) is 6.36. The van der Waals surface area contributed by atoms with Crippen LogP contribution in [0.25, 0.3) is 134 Å². The molecule has 0 radical (unpaired) electrons. The van der Waals surface area contributed by atoms with Crippen LogP contribution in [-0.2, 0) is 28.2 Å². The van der Waals surface area contributed by atoms with Crippen molar-refractivity contribution in [1.82, 2.24) is 0 Å². The van der Waals surface area contributed by atoms with Gasteiger partial charge in [-0.05, 0) is 285 Å². The van der Waals surface area contributed by atoms with Crippen LogP contribution in [0.4, 0.5) is 0 Å². The highest BCUT2D eigenvalue weighted by atomic mass is 14.9. The van der Waals surface area contributed by atoms with E-state index in [1.807, 2.05) is 228 Å². The molecule has 0 aliphatic rings. The predicted molar refractivity (Wildman–Crippen MR) is 491 cm³/mol. The lowest BCUT2D eigenvalue weighted by Gasteiger charge is -2.15. The molecule has 576 valence electrons. The molecule has 4 heteroatoms. The molecule has 0 saturated heterocycles. The molecule has 0 unspecified atom stereocenters. The molecule has 4 nitrogen and oxygen atoms in total. The van der Waals surface area contributed by atoms with Gasteiger partial charge in [0, 0.05) is 110 Å². The molecule has 0 fully saturated rings. The molecule has 116 heavy (non-hydrogen) atoms. The highest BCUT2D eigenvalue weighted by Crippen LogP contribution is 2.40. The first-order valence-electron chi connectivity index (χ1n) is 53.2. The Balaban J connectivity index is 0.000000163. The monoisotopic (exact) mass is 1540 g/mol. The molecule has 0 atom stereocenters. The molecule has 0 saturated carbocycles. The molecule has 4 heterocycles. The lowest BCUT2D eigenvalue weighted by Crippen LogP contribution is -2.31. The minimum Gasteiger partial charge on any atom is -0.201 e. The summed E-state index contributed by atoms with van der Waals surface area (Å²) >= 11 is 0. The quantitative estimate of drug-likeness (QED) is 0.108. The zero-order chi connectivity index (χ0) is 107. The van der Waals surface area contributed by atoms with Crippen LogP contribution in [-0.4, -0.2) is 0 Å². The van der Waals surface area contributed by atoms with Crippen LogP contribution in [0.5, 0.6) is 0 Å². The molecule has 0 N–H and O–H groups in total. The lowest BCUT2D eigenvalue weighted by atomic mass is 9.90. The van der Waals surface area contributed by atoms with Crippen LogP contribution in [0.15, 0.2) is 316 Å². The van der Waals surface area contributed by atoms with Crippen LogP contribution in [0.3, 0.4) is 0 Å². The standard InChI is InChI=1S/C29H30N.2C28H28N.C27H26N/c1-19-14-21(3)29(22(4)15-19)27-17-28(30(6)18-23(27)5)26-16-25(13-12-20(26)2)24-10-8-7-9-11-24;1-19-14-15-24(23-12-7-6-8-13-23)16-25(19)27-17-26(22(4)18-29(27)5)28-20(2)10-9-11-21(28)3;1-19-11-14-25(21(3)15-19)26-17-28(29(5)18-22(26)4)27-16-24(13-12-20(27)2)23-9-7-6-8-10-23;1-19-13-14-23(22-11-6-5-7-12-22)17-25(19)26-18-24(15-16-28(26)4)27-20(2)9-8-10-21(27)3/h7-18H,1-6H3;2*6-18H,1-5H3;5-18H,1-4H3/q4*+1/i3D3,4D3,5D3;2D3,3D3,4D3;3D3,4D3;2D3,3D3. The van der Waals surface area contributed by atoms with E-state index in [9.17, 15) is 0 Å². The molecule has 0 aliphatic carbocycles. The second kappa shape index (κ2) is 35.7. The first-order valence-corrected chi connectivity index (χ1v) is 38.2. The van der Waals surface area contributed by atoms with Crippen molar-refractivity contribution in [2.75, 3.05) is 0 Å². The van der Waals surface area contributed by atoms with Gasteiger partial charge in [-0.2, -0.15) is 0 Å². The smallest absolute Gasteiger partial charge is 0.201 e. The summed E-state index contributed by atoms with van der Waals surface area (Å²) in [5, 5.41) is 0. The molecular weight excluding hydrogens is 1400 g/mol. The third kappa shape index (κ3) is 18.1. The molecule has 0 bridgehead atoms. The van der Waals surface area contributed by atoms with Crippen LogP contribution in [0.1, 0.15) is 130 Å². The van der Waals surface area contributed by atoms with Gasteiger partial charge in [-0.25, -0.2) is 18.3 Å². The van der Waals surface area contributed by atoms with Crippen molar-refractivity contribution in [3.05, 3.63) is 405 Å². The van der Waals surface area contributed by atoms with E-state index >= 15 is 0 Å². The van der Waals surface area contributed by atoms with Crippen molar-refractivity contribution in [1.29, 1.82) is 0 Å². The molecule has 12 aromatic carbocycles. The largest absolute Gasteiger partial charge is 0.213 e. The van der Waals surface area contributed by atoms with Crippen LogP contribution in [0, 0.1) is 110 Å². The summed E-state index contributed by atoms with van der Waals surface area (Å²) in [4.78, 5) is 0. The maximum Gasteiger partial charge on any atom is 0.213 e. The van der Waals surface area contributed by atoms with Crippen LogP contribution >= 0.6 is 0 Å². The molecule has 0 aliphatic heterocycles. The van der Waals surface area contributed by atoms with Crippen molar-refractivity contribution >= 4 is 0 Å². The Hall–Kier alpha value is -12.8. The van der Waals surface area contributed by atoms with Crippen molar-refractivity contribution in [2.45, 2.75) is 110 Å². The van der Waals surface area contributed by atoms with Gasteiger partial charge in [-0.1, -0.05) is 248 Å². The number of rotatable bonds is 12. The zero-order valence-corrected chi connectivity index (χ0v) is 66.8. The van der Waals surface area contributed by atoms with E-state index in [1.54, 1.807) is 66.7 Å². The van der Waals surface area contributed by atoms with Gasteiger partial charge in [0.15, 0.2) is 24.8 Å². The minimum absolute atomic E-state index is 0.0377. The minimum atomic E-state index is -2.67. The summed E-state index contributed by atoms with van der Waals surface area (Å²) in [6.45, 7) is -14.2. The SMILES string of the molecule is [2H]C([2H])([2H])c1c[n+](C)c(-c2cc(-c3ccccc3)ccc2C)cc1-c1c(C([2H])([2H])[2H])cc(C)cc1C([2H])([2H])[2H].[2H]C([2H])([2H])c1c[n+](C)c(-c2cc(-c3ccccc3)ccc2C)cc1-c1c(C([2H])([2H])[2H])cccc1C([2H])([2H])[2H].[2H]C([2H])([2H])c1cc(C)ccc1-c1cc(-c2cc(-c3ccccc3)ccc2C)[n+](C)cc1C([2H])([2H])[2H].[2H]C([2H])([2H])c1cccc(C([2H])([2H])[2H])c1-c1cc[n+](C)c(-c2cc(-c3ccccc3)ccc2C)c1. The van der Waals surface area contributed by atoms with Crippen molar-refractivity contribution in [3.63, 3.8) is 0 Å². The number of pyridine rings is 4. The van der Waals surface area contributed by atoms with E-state index in [4.69, 9.17) is 41.1 Å². The van der Waals surface area contributed by atoms with Crippen LogP contribution < -0.4 is 18.3 Å². The maximum absolute atomic E-state index is 8.26. The molecule has 4 aromatic heterocycles. The summed E-state index contributed by atoms with van der Waals surface area (Å²) in [7, 11) is 7.20. The number of aryl methyl sites for hydroxylation is 20. The number of hydrogen-bond acceptors (Lipinski definition) is 0. The van der Waals surface area contributed by atoms with Gasteiger partial charge >= 0.3 is 0 Å². The normalized spacial score (nSPS) is 15.8. The third-order valence-electron chi connectivity index (χ3n) is 21.2. The number of aromatic nitrogens is 4. The molecular formula is C112H112N4+4. The maximum atomic E-state index is 8.26. The summed E-state index contributed by atoms with van der Waals surface area (Å²) < 4.78 is 251. The van der Waals surface area contributed by atoms with Gasteiger partial charge in [0.2, 0.25) is 22.8 Å². The lowest BCUT2D eigenvalue weighted by molar-refractivity contribution is -0.660. The fraction of sp³-hybridized carbons (Fsp3) is 0.179. The number of benzene rings is 12. The van der Waals surface area contributed by atoms with Gasteiger partial charge in [0.05, 0.1) is 0 Å². The third-order valence-corrected chi connectivity index (χ3v) is 21.2. The van der Waals surface area contributed by atoms with Gasteiger partial charge in [0.25, 0.3) is 0 Å². The van der Waals surface area contributed by atoms with Gasteiger partial charge in [0.1, 0.15) is 28.2 Å². The molecule has 0 amide bonds.